The molecule has 7 heteroatoms. The number of hydrogen-bond acceptors (Lipinski definition) is 6. The molecule has 0 saturated heterocycles. The summed E-state index contributed by atoms with van der Waals surface area (Å²) < 4.78 is 10.0. The summed E-state index contributed by atoms with van der Waals surface area (Å²) in [6.45, 7) is 9.19. The van der Waals surface area contributed by atoms with E-state index in [4.69, 9.17) is 14.7 Å². The molecule has 0 aliphatic heterocycles. The van der Waals surface area contributed by atoms with Crippen molar-refractivity contribution in [1.29, 1.82) is 5.26 Å². The number of rotatable bonds is 9. The summed E-state index contributed by atoms with van der Waals surface area (Å²) in [5.41, 5.74) is -0.521. The molecule has 0 atom stereocenters. The fraction of sp³-hybridized carbons (Fsp3) is 0.800. The van der Waals surface area contributed by atoms with Crippen LogP contribution in [0, 0.1) is 11.3 Å². The first-order chi connectivity index (χ1) is 10.3. The number of nitrogens with one attached hydrogen (secondary N) is 1. The number of nitriles is 1. The van der Waals surface area contributed by atoms with Crippen molar-refractivity contribution >= 4 is 12.1 Å². The van der Waals surface area contributed by atoms with Crippen molar-refractivity contribution in [2.75, 3.05) is 32.8 Å². The minimum Gasteiger partial charge on any atom is -0.465 e. The van der Waals surface area contributed by atoms with E-state index in [0.29, 0.717) is 39.1 Å². The van der Waals surface area contributed by atoms with Crippen LogP contribution >= 0.6 is 0 Å². The van der Waals surface area contributed by atoms with Crippen molar-refractivity contribution in [1.82, 2.24) is 10.2 Å². The number of alkyl carbamates (subject to hydrolysis) is 1. The standard InChI is InChI=1S/C15H27N3O4/c1-5-21-13(19)12-18(10-6-8-16)11-7-9-17-14(20)22-15(2,3)4/h5-7,9-12H2,1-4H3,(H,17,20). The van der Waals surface area contributed by atoms with Crippen molar-refractivity contribution in [2.24, 2.45) is 0 Å². The van der Waals surface area contributed by atoms with Gasteiger partial charge in [-0.2, -0.15) is 5.26 Å². The van der Waals surface area contributed by atoms with Crippen LogP contribution in [-0.2, 0) is 14.3 Å². The Bertz CT molecular complexity index is 385. The van der Waals surface area contributed by atoms with Gasteiger partial charge in [-0.1, -0.05) is 0 Å². The number of hydrogen-bond donors (Lipinski definition) is 1. The molecular formula is C15H27N3O4. The van der Waals surface area contributed by atoms with Crippen molar-refractivity contribution < 1.29 is 19.1 Å². The van der Waals surface area contributed by atoms with Gasteiger partial charge >= 0.3 is 12.1 Å². The molecule has 22 heavy (non-hydrogen) atoms. The Morgan fingerprint density at radius 2 is 1.95 bits per heavy atom. The van der Waals surface area contributed by atoms with E-state index in [1.54, 1.807) is 27.7 Å². The first-order valence-electron chi connectivity index (χ1n) is 7.50. The van der Waals surface area contributed by atoms with Gasteiger partial charge < -0.3 is 14.8 Å². The smallest absolute Gasteiger partial charge is 0.407 e. The van der Waals surface area contributed by atoms with E-state index in [-0.39, 0.29) is 12.5 Å². The molecule has 0 aliphatic carbocycles. The van der Waals surface area contributed by atoms with Gasteiger partial charge in [0.1, 0.15) is 5.60 Å². The van der Waals surface area contributed by atoms with E-state index < -0.39 is 11.7 Å². The van der Waals surface area contributed by atoms with Crippen molar-refractivity contribution in [3.8, 4) is 6.07 Å². The zero-order chi connectivity index (χ0) is 17.0. The van der Waals surface area contributed by atoms with Gasteiger partial charge in [0.2, 0.25) is 0 Å². The number of nitrogens with zero attached hydrogens (tertiary/aromatic N) is 2. The molecule has 0 saturated carbocycles. The predicted molar refractivity (Wildman–Crippen MR) is 82.2 cm³/mol. The van der Waals surface area contributed by atoms with Crippen LogP contribution < -0.4 is 5.32 Å². The van der Waals surface area contributed by atoms with Crippen LogP contribution in [-0.4, -0.2) is 55.3 Å². The summed E-state index contributed by atoms with van der Waals surface area (Å²) in [6, 6.07) is 2.05. The Morgan fingerprint density at radius 1 is 1.27 bits per heavy atom. The molecule has 0 aromatic carbocycles. The third-order valence-electron chi connectivity index (χ3n) is 2.52. The van der Waals surface area contributed by atoms with Crippen LogP contribution in [0.25, 0.3) is 0 Å². The molecule has 7 nitrogen and oxygen atoms in total. The van der Waals surface area contributed by atoms with Gasteiger partial charge in [-0.15, -0.1) is 0 Å². The van der Waals surface area contributed by atoms with Gasteiger partial charge in [0.15, 0.2) is 0 Å². The minimum absolute atomic E-state index is 0.155. The van der Waals surface area contributed by atoms with Crippen LogP contribution in [0.3, 0.4) is 0 Å². The zero-order valence-corrected chi connectivity index (χ0v) is 14.0. The Labute approximate surface area is 132 Å². The summed E-state index contributed by atoms with van der Waals surface area (Å²) in [5, 5.41) is 11.3. The highest BCUT2D eigenvalue weighted by Gasteiger charge is 2.16. The number of amides is 1. The van der Waals surface area contributed by atoms with E-state index in [0.717, 1.165) is 0 Å². The fourth-order valence-electron chi connectivity index (χ4n) is 1.67. The van der Waals surface area contributed by atoms with Crippen LogP contribution in [0.4, 0.5) is 4.79 Å². The van der Waals surface area contributed by atoms with Gasteiger partial charge in [0.05, 0.1) is 19.2 Å². The largest absolute Gasteiger partial charge is 0.465 e. The van der Waals surface area contributed by atoms with E-state index in [2.05, 4.69) is 11.4 Å². The van der Waals surface area contributed by atoms with E-state index >= 15 is 0 Å². The molecule has 0 unspecified atom stereocenters. The SMILES string of the molecule is CCOC(=O)CN(CCC#N)CCCNC(=O)OC(C)(C)C. The number of carbonyl (C=O) groups excluding carboxylic acids is 2. The van der Waals surface area contributed by atoms with Gasteiger partial charge in [-0.25, -0.2) is 4.79 Å². The minimum atomic E-state index is -0.521. The molecule has 0 spiro atoms. The Balaban J connectivity index is 4.04. The quantitative estimate of drug-likeness (QED) is 0.514. The molecule has 0 heterocycles. The van der Waals surface area contributed by atoms with E-state index in [9.17, 15) is 9.59 Å². The van der Waals surface area contributed by atoms with Crippen molar-refractivity contribution in [3.63, 3.8) is 0 Å². The van der Waals surface area contributed by atoms with Crippen LogP contribution in [0.2, 0.25) is 0 Å². The van der Waals surface area contributed by atoms with E-state index in [1.165, 1.54) is 0 Å². The number of ether oxygens (including phenoxy) is 2. The van der Waals surface area contributed by atoms with Crippen LogP contribution in [0.1, 0.15) is 40.5 Å². The molecule has 1 N–H and O–H groups in total. The zero-order valence-electron chi connectivity index (χ0n) is 14.0. The Morgan fingerprint density at radius 3 is 2.50 bits per heavy atom. The third-order valence-corrected chi connectivity index (χ3v) is 2.52. The topological polar surface area (TPSA) is 91.7 Å². The second-order valence-electron chi connectivity index (χ2n) is 5.77. The summed E-state index contributed by atoms with van der Waals surface area (Å²) in [4.78, 5) is 24.8. The average molecular weight is 313 g/mol. The molecule has 1 amide bonds. The van der Waals surface area contributed by atoms with Crippen LogP contribution in [0.5, 0.6) is 0 Å². The lowest BCUT2D eigenvalue weighted by Gasteiger charge is -2.21. The van der Waals surface area contributed by atoms with Crippen molar-refractivity contribution in [2.45, 2.75) is 46.1 Å². The summed E-state index contributed by atoms with van der Waals surface area (Å²) in [6.07, 6.45) is 0.546. The predicted octanol–water partition coefficient (Wildman–Crippen LogP) is 1.68. The summed E-state index contributed by atoms with van der Waals surface area (Å²) in [7, 11) is 0. The lowest BCUT2D eigenvalue weighted by Crippen LogP contribution is -2.36. The summed E-state index contributed by atoms with van der Waals surface area (Å²) >= 11 is 0. The van der Waals surface area contributed by atoms with Gasteiger partial charge in [0, 0.05) is 26.1 Å². The third kappa shape index (κ3) is 12.0. The maximum Gasteiger partial charge on any atom is 0.407 e. The maximum atomic E-state index is 11.5. The maximum absolute atomic E-state index is 11.5. The second-order valence-corrected chi connectivity index (χ2v) is 5.77. The molecule has 126 valence electrons. The Kier molecular flexibility index (Phi) is 9.96. The van der Waals surface area contributed by atoms with Gasteiger partial charge in [0.25, 0.3) is 0 Å². The van der Waals surface area contributed by atoms with Gasteiger partial charge in [-0.3, -0.25) is 9.69 Å². The summed E-state index contributed by atoms with van der Waals surface area (Å²) in [5.74, 6) is -0.305. The monoisotopic (exact) mass is 313 g/mol. The Hall–Kier alpha value is -1.81. The molecule has 0 aromatic heterocycles. The molecule has 0 radical (unpaired) electrons. The van der Waals surface area contributed by atoms with Crippen LogP contribution in [0.15, 0.2) is 0 Å². The number of esters is 1. The molecule has 0 aromatic rings. The molecular weight excluding hydrogens is 286 g/mol. The first kappa shape index (κ1) is 20.2. The molecule has 0 rings (SSSR count). The van der Waals surface area contributed by atoms with Crippen molar-refractivity contribution in [3.05, 3.63) is 0 Å². The van der Waals surface area contributed by atoms with E-state index in [1.807, 2.05) is 4.90 Å². The second kappa shape index (κ2) is 10.9. The van der Waals surface area contributed by atoms with Gasteiger partial charge in [-0.05, 0) is 34.1 Å². The average Bonchev–Trinajstić information content (AvgIpc) is 2.38. The lowest BCUT2D eigenvalue weighted by molar-refractivity contribution is -0.144. The fourth-order valence-corrected chi connectivity index (χ4v) is 1.67. The lowest BCUT2D eigenvalue weighted by atomic mass is 10.2. The first-order valence-corrected chi connectivity index (χ1v) is 7.50. The molecule has 0 fully saturated rings. The highest BCUT2D eigenvalue weighted by atomic mass is 16.6. The molecule has 0 bridgehead atoms. The number of carbonyl (C=O) groups is 2. The highest BCUT2D eigenvalue weighted by molar-refractivity contribution is 5.71. The molecule has 0 aliphatic rings. The highest BCUT2D eigenvalue weighted by Crippen LogP contribution is 2.06. The normalized spacial score (nSPS) is 10.9.